The third-order valence-electron chi connectivity index (χ3n) is 4.00. The number of halogens is 3. The quantitative estimate of drug-likeness (QED) is 0.670. The van der Waals surface area contributed by atoms with E-state index in [2.05, 4.69) is 45.7 Å². The van der Waals surface area contributed by atoms with Crippen LogP contribution in [0.4, 0.5) is 0 Å². The fourth-order valence-electron chi connectivity index (χ4n) is 2.88. The van der Waals surface area contributed by atoms with Crippen LogP contribution in [-0.2, 0) is 0 Å². The summed E-state index contributed by atoms with van der Waals surface area (Å²) in [6.07, 6.45) is 0.939. The Balaban J connectivity index is 0.00000264. The summed E-state index contributed by atoms with van der Waals surface area (Å²) in [5, 5.41) is 3.41. The van der Waals surface area contributed by atoms with Gasteiger partial charge in [-0.2, -0.15) is 0 Å². The Labute approximate surface area is 165 Å². The van der Waals surface area contributed by atoms with E-state index in [-0.39, 0.29) is 24.8 Å². The van der Waals surface area contributed by atoms with E-state index < -0.39 is 0 Å². The van der Waals surface area contributed by atoms with E-state index in [1.165, 1.54) is 11.1 Å². The Morgan fingerprint density at radius 3 is 2.25 bits per heavy atom. The molecule has 0 aromatic heterocycles. The molecular formula is C17H27BrCl2N2O2. The summed E-state index contributed by atoms with van der Waals surface area (Å²) in [6, 6.07) is 4.37. The fourth-order valence-corrected chi connectivity index (χ4v) is 3.47. The second-order valence-corrected chi connectivity index (χ2v) is 6.55. The van der Waals surface area contributed by atoms with Gasteiger partial charge in [0, 0.05) is 36.7 Å². The molecule has 4 nitrogen and oxygen atoms in total. The highest BCUT2D eigenvalue weighted by Crippen LogP contribution is 2.39. The van der Waals surface area contributed by atoms with Crippen molar-refractivity contribution in [2.24, 2.45) is 0 Å². The largest absolute Gasteiger partial charge is 0.493 e. The molecule has 1 heterocycles. The van der Waals surface area contributed by atoms with E-state index in [0.29, 0.717) is 6.04 Å². The van der Waals surface area contributed by atoms with Crippen molar-refractivity contribution >= 4 is 40.7 Å². The minimum absolute atomic E-state index is 0. The summed E-state index contributed by atoms with van der Waals surface area (Å²) in [4.78, 5) is 2.51. The Kier molecular flexibility index (Phi) is 11.0. The van der Waals surface area contributed by atoms with Crippen molar-refractivity contribution in [2.75, 3.05) is 40.4 Å². The second kappa shape index (κ2) is 11.2. The average Bonchev–Trinajstić information content (AvgIpc) is 2.53. The molecule has 24 heavy (non-hydrogen) atoms. The molecule has 1 aliphatic rings. The fraction of sp³-hybridized carbons (Fsp3) is 0.529. The van der Waals surface area contributed by atoms with Gasteiger partial charge >= 0.3 is 0 Å². The molecule has 1 aromatic carbocycles. The minimum Gasteiger partial charge on any atom is -0.493 e. The van der Waals surface area contributed by atoms with Crippen LogP contribution in [0.25, 0.3) is 0 Å². The second-order valence-electron chi connectivity index (χ2n) is 5.69. The molecule has 1 N–H and O–H groups in total. The van der Waals surface area contributed by atoms with Crippen LogP contribution in [0.15, 0.2) is 28.8 Å². The number of methoxy groups -OCH3 is 2. The van der Waals surface area contributed by atoms with Gasteiger partial charge < -0.3 is 14.8 Å². The third-order valence-corrected chi connectivity index (χ3v) is 4.68. The lowest BCUT2D eigenvalue weighted by atomic mass is 9.97. The Morgan fingerprint density at radius 1 is 1.21 bits per heavy atom. The number of hydrogen-bond acceptors (Lipinski definition) is 4. The van der Waals surface area contributed by atoms with Crippen molar-refractivity contribution < 1.29 is 9.47 Å². The predicted octanol–water partition coefficient (Wildman–Crippen LogP) is 4.22. The van der Waals surface area contributed by atoms with E-state index >= 15 is 0 Å². The maximum Gasteiger partial charge on any atom is 0.161 e. The minimum atomic E-state index is 0. The van der Waals surface area contributed by atoms with Crippen LogP contribution in [0.2, 0.25) is 0 Å². The van der Waals surface area contributed by atoms with Crippen molar-refractivity contribution in [2.45, 2.75) is 19.4 Å². The van der Waals surface area contributed by atoms with Gasteiger partial charge in [0.1, 0.15) is 0 Å². The maximum absolute atomic E-state index is 5.48. The van der Waals surface area contributed by atoms with Gasteiger partial charge in [-0.25, -0.2) is 0 Å². The first-order valence-electron chi connectivity index (χ1n) is 7.57. The van der Waals surface area contributed by atoms with Crippen LogP contribution in [0.5, 0.6) is 11.5 Å². The van der Waals surface area contributed by atoms with Crippen molar-refractivity contribution in [1.82, 2.24) is 10.2 Å². The molecule has 0 bridgehead atoms. The first kappa shape index (κ1) is 23.5. The van der Waals surface area contributed by atoms with Gasteiger partial charge in [0.15, 0.2) is 11.5 Å². The van der Waals surface area contributed by atoms with E-state index in [1.54, 1.807) is 14.2 Å². The average molecular weight is 442 g/mol. The van der Waals surface area contributed by atoms with Gasteiger partial charge in [0.2, 0.25) is 0 Å². The Morgan fingerprint density at radius 2 is 1.75 bits per heavy atom. The molecular weight excluding hydrogens is 415 g/mol. The van der Waals surface area contributed by atoms with Crippen LogP contribution < -0.4 is 14.8 Å². The van der Waals surface area contributed by atoms with Crippen LogP contribution in [-0.4, -0.2) is 45.3 Å². The Bertz CT molecular complexity index is 538. The number of nitrogens with one attached hydrogen (secondary N) is 1. The molecule has 1 fully saturated rings. The predicted molar refractivity (Wildman–Crippen MR) is 108 cm³/mol. The topological polar surface area (TPSA) is 33.7 Å². The highest BCUT2D eigenvalue weighted by atomic mass is 79.9. The normalized spacial score (nSPS) is 15.7. The maximum atomic E-state index is 5.48. The molecule has 0 aliphatic carbocycles. The monoisotopic (exact) mass is 440 g/mol. The summed E-state index contributed by atoms with van der Waals surface area (Å²) in [6.45, 7) is 10.3. The van der Waals surface area contributed by atoms with Gasteiger partial charge in [-0.15, -0.1) is 31.4 Å². The molecule has 138 valence electrons. The van der Waals surface area contributed by atoms with E-state index in [4.69, 9.17) is 9.47 Å². The first-order valence-corrected chi connectivity index (χ1v) is 8.36. The smallest absolute Gasteiger partial charge is 0.161 e. The van der Waals surface area contributed by atoms with Gasteiger partial charge in [-0.3, -0.25) is 4.90 Å². The molecule has 1 saturated heterocycles. The molecule has 0 radical (unpaired) electrons. The number of benzene rings is 1. The van der Waals surface area contributed by atoms with E-state index in [0.717, 1.165) is 48.6 Å². The first-order chi connectivity index (χ1) is 10.6. The molecule has 0 unspecified atom stereocenters. The lowest BCUT2D eigenvalue weighted by Gasteiger charge is -2.36. The third kappa shape index (κ3) is 5.81. The number of hydrogen-bond donors (Lipinski definition) is 1. The van der Waals surface area contributed by atoms with Gasteiger partial charge in [0.25, 0.3) is 0 Å². The summed E-state index contributed by atoms with van der Waals surface area (Å²) >= 11 is 3.70. The molecule has 1 aliphatic heterocycles. The summed E-state index contributed by atoms with van der Waals surface area (Å²) in [7, 11) is 3.33. The molecule has 0 amide bonds. The van der Waals surface area contributed by atoms with Crippen LogP contribution in [0.1, 0.15) is 24.9 Å². The molecule has 0 saturated carbocycles. The molecule has 7 heteroatoms. The zero-order valence-corrected chi connectivity index (χ0v) is 17.7. The summed E-state index contributed by atoms with van der Waals surface area (Å²) < 4.78 is 11.9. The number of piperazine rings is 1. The molecule has 0 spiro atoms. The number of ether oxygens (including phenoxy) is 2. The lowest BCUT2D eigenvalue weighted by Crippen LogP contribution is -2.45. The standard InChI is InChI=1S/C17H25BrN2O2.2ClH/c1-12(2)9-15(20-7-5-19-6-8-20)13-10-16(21-3)17(22-4)11-14(13)18;;/h10-11,15,19H,1,5-9H2,2-4H3;2*1H/t15-;;/m1../s1. The summed E-state index contributed by atoms with van der Waals surface area (Å²) in [5.41, 5.74) is 2.41. The lowest BCUT2D eigenvalue weighted by molar-refractivity contribution is 0.171. The van der Waals surface area contributed by atoms with Crippen LogP contribution in [0.3, 0.4) is 0 Å². The van der Waals surface area contributed by atoms with Crippen molar-refractivity contribution in [3.63, 3.8) is 0 Å². The SMILES string of the molecule is C=C(C)C[C@H](c1cc(OC)c(OC)cc1Br)N1CCNCC1.Cl.Cl. The van der Waals surface area contributed by atoms with Crippen molar-refractivity contribution in [1.29, 1.82) is 0 Å². The number of rotatable bonds is 6. The van der Waals surface area contributed by atoms with Crippen LogP contribution in [0, 0.1) is 0 Å². The highest BCUT2D eigenvalue weighted by Gasteiger charge is 2.25. The van der Waals surface area contributed by atoms with E-state index in [1.807, 2.05) is 6.07 Å². The number of nitrogens with zero attached hydrogens (tertiary/aromatic N) is 1. The van der Waals surface area contributed by atoms with Crippen LogP contribution >= 0.6 is 40.7 Å². The summed E-state index contributed by atoms with van der Waals surface area (Å²) in [5.74, 6) is 1.51. The molecule has 1 atom stereocenters. The zero-order valence-electron chi connectivity index (χ0n) is 14.4. The Hall–Kier alpha value is -0.460. The van der Waals surface area contributed by atoms with Crippen molar-refractivity contribution in [3.05, 3.63) is 34.3 Å². The zero-order chi connectivity index (χ0) is 16.1. The van der Waals surface area contributed by atoms with Gasteiger partial charge in [0.05, 0.1) is 14.2 Å². The van der Waals surface area contributed by atoms with Gasteiger partial charge in [-0.1, -0.05) is 21.5 Å². The van der Waals surface area contributed by atoms with Gasteiger partial charge in [-0.05, 0) is 31.0 Å². The molecule has 1 aromatic rings. The molecule has 2 rings (SSSR count). The highest BCUT2D eigenvalue weighted by molar-refractivity contribution is 9.10. The van der Waals surface area contributed by atoms with E-state index in [9.17, 15) is 0 Å². The van der Waals surface area contributed by atoms with Crippen molar-refractivity contribution in [3.8, 4) is 11.5 Å².